The number of nitrogens with zero attached hydrogens (tertiary/aromatic N) is 1. The zero-order valence-electron chi connectivity index (χ0n) is 6.75. The summed E-state index contributed by atoms with van der Waals surface area (Å²) in [5, 5.41) is 24.5. The lowest BCUT2D eigenvalue weighted by molar-refractivity contribution is -0.386. The molecule has 7 nitrogen and oxygen atoms in total. The Labute approximate surface area is 82.8 Å². The van der Waals surface area contributed by atoms with E-state index in [9.17, 15) is 15.2 Å². The van der Waals surface area contributed by atoms with Crippen LogP contribution in [-0.2, 0) is 4.33 Å². The number of phenols is 1. The lowest BCUT2D eigenvalue weighted by atomic mass is 10.3. The molecule has 0 unspecified atom stereocenters. The molecule has 0 aliphatic rings. The average molecular weight is 218 g/mol. The summed E-state index contributed by atoms with van der Waals surface area (Å²) in [4.78, 5) is 14.1. The molecule has 0 saturated heterocycles. The van der Waals surface area contributed by atoms with Crippen LogP contribution < -0.4 is 10.0 Å². The minimum Gasteiger partial charge on any atom is -0.499 e. The van der Waals surface area contributed by atoms with Gasteiger partial charge in [0.15, 0.2) is 0 Å². The predicted molar refractivity (Wildman–Crippen MR) is 48.3 cm³/mol. The number of benzene rings is 1. The number of rotatable bonds is 4. The number of aromatic hydroxyl groups is 1. The third kappa shape index (κ3) is 2.25. The molecule has 3 N–H and O–H groups in total. The molecule has 1 aromatic carbocycles. The molecule has 0 bridgehead atoms. The Balaban J connectivity index is 2.95. The van der Waals surface area contributed by atoms with E-state index in [1.807, 2.05) is 0 Å². The zero-order chi connectivity index (χ0) is 10.6. The van der Waals surface area contributed by atoms with Gasteiger partial charge >= 0.3 is 5.69 Å². The van der Waals surface area contributed by atoms with Crippen molar-refractivity contribution < 1.29 is 19.3 Å². The maximum atomic E-state index is 10.4. The second-order valence-corrected chi connectivity index (χ2v) is 2.46. The van der Waals surface area contributed by atoms with Crippen LogP contribution in [0, 0.1) is 10.1 Å². The molecule has 14 heavy (non-hydrogen) atoms. The van der Waals surface area contributed by atoms with Crippen LogP contribution in [-0.4, -0.2) is 10.0 Å². The highest BCUT2D eigenvalue weighted by Crippen LogP contribution is 2.35. The first kappa shape index (κ1) is 10.6. The first-order valence-corrected chi connectivity index (χ1v) is 4.13. The Morgan fingerprint density at radius 1 is 1.57 bits per heavy atom. The van der Waals surface area contributed by atoms with Crippen LogP contribution in [0.2, 0.25) is 0 Å². The SMILES string of the molecule is NSOOc1cccc([N+](=O)[O-])c1O. The van der Waals surface area contributed by atoms with Gasteiger partial charge < -0.3 is 9.99 Å². The van der Waals surface area contributed by atoms with Crippen molar-refractivity contribution in [2.75, 3.05) is 0 Å². The van der Waals surface area contributed by atoms with Gasteiger partial charge in [0.2, 0.25) is 11.5 Å². The number of hydrogen-bond donors (Lipinski definition) is 2. The van der Waals surface area contributed by atoms with Crippen molar-refractivity contribution >= 4 is 17.9 Å². The monoisotopic (exact) mass is 218 g/mol. The number of hydrogen-bond acceptors (Lipinski definition) is 7. The van der Waals surface area contributed by atoms with Gasteiger partial charge in [-0.1, -0.05) is 10.4 Å². The predicted octanol–water partition coefficient (Wildman–Crippen LogP) is 1.13. The van der Waals surface area contributed by atoms with Crippen LogP contribution in [0.25, 0.3) is 0 Å². The Bertz CT molecular complexity index is 345. The second kappa shape index (κ2) is 4.65. The molecular weight excluding hydrogens is 212 g/mol. The van der Waals surface area contributed by atoms with Gasteiger partial charge in [-0.05, 0) is 6.07 Å². The standard InChI is InChI=1S/C6H6N2O5S/c7-14-13-12-5-3-1-2-4(6(5)9)8(10)11/h1-3,9H,7H2. The van der Waals surface area contributed by atoms with Crippen molar-refractivity contribution in [3.8, 4) is 11.5 Å². The summed E-state index contributed by atoms with van der Waals surface area (Å²) < 4.78 is 4.25. The van der Waals surface area contributed by atoms with Gasteiger partial charge in [0, 0.05) is 6.07 Å². The molecule has 8 heteroatoms. The fourth-order valence-corrected chi connectivity index (χ4v) is 0.894. The van der Waals surface area contributed by atoms with E-state index < -0.39 is 16.4 Å². The molecule has 0 fully saturated rings. The molecule has 0 saturated carbocycles. The van der Waals surface area contributed by atoms with Crippen LogP contribution >= 0.6 is 12.2 Å². The molecular formula is C6H6N2O5S. The summed E-state index contributed by atoms with van der Waals surface area (Å²) in [5.41, 5.74) is -0.465. The van der Waals surface area contributed by atoms with Crippen molar-refractivity contribution in [3.05, 3.63) is 28.3 Å². The van der Waals surface area contributed by atoms with E-state index >= 15 is 0 Å². The van der Waals surface area contributed by atoms with Gasteiger partial charge in [-0.3, -0.25) is 15.3 Å². The van der Waals surface area contributed by atoms with Crippen molar-refractivity contribution in [3.63, 3.8) is 0 Å². The molecule has 0 amide bonds. The minimum absolute atomic E-state index is 0.169. The molecule has 0 atom stereocenters. The van der Waals surface area contributed by atoms with Gasteiger partial charge in [0.1, 0.15) is 12.2 Å². The highest BCUT2D eigenvalue weighted by Gasteiger charge is 2.18. The fourth-order valence-electron chi connectivity index (χ4n) is 0.782. The third-order valence-electron chi connectivity index (χ3n) is 1.34. The summed E-state index contributed by atoms with van der Waals surface area (Å²) in [7, 11) is 0. The van der Waals surface area contributed by atoms with E-state index in [2.05, 4.69) is 9.22 Å². The van der Waals surface area contributed by atoms with Crippen LogP contribution in [0.4, 0.5) is 5.69 Å². The minimum atomic E-state index is -0.738. The first-order chi connectivity index (χ1) is 6.66. The van der Waals surface area contributed by atoms with Crippen molar-refractivity contribution in [1.82, 2.24) is 0 Å². The van der Waals surface area contributed by atoms with Crippen LogP contribution in [0.1, 0.15) is 0 Å². The first-order valence-electron chi connectivity index (χ1n) is 3.33. The average Bonchev–Trinajstić information content (AvgIpc) is 2.16. The van der Waals surface area contributed by atoms with Crippen molar-refractivity contribution in [2.45, 2.75) is 0 Å². The topological polar surface area (TPSA) is 108 Å². The summed E-state index contributed by atoms with van der Waals surface area (Å²) in [6.07, 6.45) is 0. The maximum absolute atomic E-state index is 10.4. The molecule has 0 radical (unpaired) electrons. The van der Waals surface area contributed by atoms with Crippen molar-refractivity contribution in [2.24, 2.45) is 5.14 Å². The Kier molecular flexibility index (Phi) is 3.51. The molecule has 76 valence electrons. The Morgan fingerprint density at radius 2 is 2.29 bits per heavy atom. The quantitative estimate of drug-likeness (QED) is 0.256. The number of nitrogens with two attached hydrogens (primary N) is 1. The molecule has 1 aromatic rings. The van der Waals surface area contributed by atoms with Crippen molar-refractivity contribution in [1.29, 1.82) is 0 Å². The fraction of sp³-hybridized carbons (Fsp3) is 0. The van der Waals surface area contributed by atoms with Gasteiger partial charge in [0.25, 0.3) is 0 Å². The summed E-state index contributed by atoms with van der Waals surface area (Å²) in [6.45, 7) is 0. The Hall–Kier alpha value is -1.51. The van der Waals surface area contributed by atoms with E-state index in [4.69, 9.17) is 5.14 Å². The number of phenolic OH excluding ortho intramolecular Hbond substituents is 1. The van der Waals surface area contributed by atoms with E-state index in [1.165, 1.54) is 12.1 Å². The van der Waals surface area contributed by atoms with Gasteiger partial charge in [-0.25, -0.2) is 0 Å². The van der Waals surface area contributed by atoms with E-state index in [0.717, 1.165) is 6.07 Å². The Morgan fingerprint density at radius 3 is 2.86 bits per heavy atom. The lowest BCUT2D eigenvalue weighted by Gasteiger charge is -2.02. The number of nitro benzene ring substituents is 1. The van der Waals surface area contributed by atoms with Crippen LogP contribution in [0.5, 0.6) is 11.5 Å². The van der Waals surface area contributed by atoms with Crippen LogP contribution in [0.15, 0.2) is 18.2 Å². The molecule has 0 heterocycles. The van der Waals surface area contributed by atoms with Crippen LogP contribution in [0.3, 0.4) is 0 Å². The van der Waals surface area contributed by atoms with E-state index in [1.54, 1.807) is 0 Å². The van der Waals surface area contributed by atoms with Gasteiger partial charge in [-0.15, -0.1) is 0 Å². The summed E-state index contributed by atoms with van der Waals surface area (Å²) in [6, 6.07) is 3.79. The molecule has 0 aliphatic carbocycles. The third-order valence-corrected chi connectivity index (χ3v) is 1.48. The molecule has 0 aliphatic heterocycles. The van der Waals surface area contributed by atoms with Gasteiger partial charge in [-0.2, -0.15) is 0 Å². The molecule has 0 spiro atoms. The summed E-state index contributed by atoms with van der Waals surface area (Å²) >= 11 is 0.416. The lowest BCUT2D eigenvalue weighted by Crippen LogP contribution is -1.95. The van der Waals surface area contributed by atoms with E-state index in [0.29, 0.717) is 12.2 Å². The smallest absolute Gasteiger partial charge is 0.314 e. The summed E-state index contributed by atoms with van der Waals surface area (Å²) in [5.74, 6) is -0.774. The largest absolute Gasteiger partial charge is 0.499 e. The second-order valence-electron chi connectivity index (χ2n) is 2.13. The highest BCUT2D eigenvalue weighted by atomic mass is 32.2. The number of nitro groups is 1. The van der Waals surface area contributed by atoms with E-state index in [-0.39, 0.29) is 5.75 Å². The number of para-hydroxylation sites is 1. The molecule has 1 rings (SSSR count). The normalized spacial score (nSPS) is 9.79. The highest BCUT2D eigenvalue weighted by molar-refractivity contribution is 7.92. The van der Waals surface area contributed by atoms with Gasteiger partial charge in [0.05, 0.1) is 4.92 Å². The zero-order valence-corrected chi connectivity index (χ0v) is 7.56. The maximum Gasteiger partial charge on any atom is 0.314 e. The molecule has 0 aromatic heterocycles.